The van der Waals surface area contributed by atoms with E-state index in [9.17, 15) is 4.79 Å². The highest BCUT2D eigenvalue weighted by Crippen LogP contribution is 2.11. The minimum atomic E-state index is -0.312. The molecule has 0 aromatic carbocycles. The smallest absolute Gasteiger partial charge is 0.339 e. The molecule has 0 N–H and O–H groups in total. The predicted molar refractivity (Wildman–Crippen MR) is 57.6 cm³/mol. The molecule has 0 saturated heterocycles. The highest BCUT2D eigenvalue weighted by molar-refractivity contribution is 14.1. The van der Waals surface area contributed by atoms with E-state index in [1.807, 2.05) is 6.92 Å². The van der Waals surface area contributed by atoms with Gasteiger partial charge in [0.25, 0.3) is 0 Å². The summed E-state index contributed by atoms with van der Waals surface area (Å²) in [7, 11) is 0. The molecule has 3 nitrogen and oxygen atoms in total. The van der Waals surface area contributed by atoms with Gasteiger partial charge in [-0.15, -0.1) is 0 Å². The number of carbonyl (C=O) groups excluding carboxylic acids is 1. The molecule has 0 bridgehead atoms. The number of hydrogen-bond donors (Lipinski definition) is 0. The fraction of sp³-hybridized carbons (Fsp3) is 0.333. The summed E-state index contributed by atoms with van der Waals surface area (Å²) in [5.41, 5.74) is 1.44. The fourth-order valence-corrected chi connectivity index (χ4v) is 1.31. The Morgan fingerprint density at radius 3 is 2.92 bits per heavy atom. The minimum Gasteiger partial charge on any atom is -0.462 e. The van der Waals surface area contributed by atoms with Gasteiger partial charge < -0.3 is 4.74 Å². The Bertz CT molecular complexity index is 325. The van der Waals surface area contributed by atoms with E-state index in [1.54, 1.807) is 13.0 Å². The standard InChI is InChI=1S/C9H10INO2/c1-3-13-9(12)7-4-8(10)6(2)11-5-7/h4-5H,3H2,1-2H3. The van der Waals surface area contributed by atoms with Crippen LogP contribution in [0.1, 0.15) is 23.0 Å². The molecule has 1 rings (SSSR count). The number of ether oxygens (including phenoxy) is 1. The minimum absolute atomic E-state index is 0.312. The van der Waals surface area contributed by atoms with Gasteiger partial charge in [-0.1, -0.05) is 0 Å². The Kier molecular flexibility index (Phi) is 3.65. The molecule has 0 amide bonds. The SMILES string of the molecule is CCOC(=O)c1cnc(C)c(I)c1. The van der Waals surface area contributed by atoms with E-state index in [4.69, 9.17) is 4.74 Å². The van der Waals surface area contributed by atoms with Gasteiger partial charge in [-0.05, 0) is 42.5 Å². The van der Waals surface area contributed by atoms with Gasteiger partial charge in [-0.3, -0.25) is 4.98 Å². The van der Waals surface area contributed by atoms with Crippen molar-refractivity contribution in [3.8, 4) is 0 Å². The fourth-order valence-electron chi connectivity index (χ4n) is 0.832. The second-order valence-electron chi connectivity index (χ2n) is 2.51. The molecular weight excluding hydrogens is 281 g/mol. The second kappa shape index (κ2) is 4.55. The van der Waals surface area contributed by atoms with Crippen LogP contribution < -0.4 is 0 Å². The molecular formula is C9H10INO2. The summed E-state index contributed by atoms with van der Waals surface area (Å²) < 4.78 is 5.82. The maximum atomic E-state index is 11.2. The van der Waals surface area contributed by atoms with Crippen molar-refractivity contribution in [3.05, 3.63) is 27.1 Å². The van der Waals surface area contributed by atoms with Crippen LogP contribution in [-0.4, -0.2) is 17.6 Å². The molecule has 0 aliphatic heterocycles. The quantitative estimate of drug-likeness (QED) is 0.619. The van der Waals surface area contributed by atoms with Crippen molar-refractivity contribution in [3.63, 3.8) is 0 Å². The molecule has 4 heteroatoms. The largest absolute Gasteiger partial charge is 0.462 e. The molecule has 0 saturated carbocycles. The number of hydrogen-bond acceptors (Lipinski definition) is 3. The molecule has 0 spiro atoms. The van der Waals surface area contributed by atoms with Gasteiger partial charge in [-0.2, -0.15) is 0 Å². The highest BCUT2D eigenvalue weighted by atomic mass is 127. The van der Waals surface area contributed by atoms with E-state index >= 15 is 0 Å². The average molecular weight is 291 g/mol. The molecule has 0 fully saturated rings. The molecule has 0 radical (unpaired) electrons. The summed E-state index contributed by atoms with van der Waals surface area (Å²) in [4.78, 5) is 15.3. The normalized spacial score (nSPS) is 9.77. The lowest BCUT2D eigenvalue weighted by Crippen LogP contribution is -2.06. The molecule has 0 aliphatic carbocycles. The lowest BCUT2D eigenvalue weighted by Gasteiger charge is -2.02. The van der Waals surface area contributed by atoms with Gasteiger partial charge >= 0.3 is 5.97 Å². The van der Waals surface area contributed by atoms with E-state index in [0.29, 0.717) is 12.2 Å². The molecule has 1 aromatic heterocycles. The molecule has 0 atom stereocenters. The van der Waals surface area contributed by atoms with Gasteiger partial charge in [0.1, 0.15) is 0 Å². The topological polar surface area (TPSA) is 39.2 Å². The second-order valence-corrected chi connectivity index (χ2v) is 3.67. The monoisotopic (exact) mass is 291 g/mol. The van der Waals surface area contributed by atoms with Crippen LogP contribution in [0.3, 0.4) is 0 Å². The number of pyridine rings is 1. The van der Waals surface area contributed by atoms with E-state index < -0.39 is 0 Å². The van der Waals surface area contributed by atoms with Gasteiger partial charge in [-0.25, -0.2) is 4.79 Å². The van der Waals surface area contributed by atoms with Crippen molar-refractivity contribution in [2.24, 2.45) is 0 Å². The van der Waals surface area contributed by atoms with Crippen molar-refractivity contribution in [1.82, 2.24) is 4.98 Å². The van der Waals surface area contributed by atoms with E-state index in [1.165, 1.54) is 6.20 Å². The number of esters is 1. The van der Waals surface area contributed by atoms with Gasteiger partial charge in [0.05, 0.1) is 17.9 Å². The summed E-state index contributed by atoms with van der Waals surface area (Å²) >= 11 is 2.14. The van der Waals surface area contributed by atoms with E-state index in [2.05, 4.69) is 27.6 Å². The van der Waals surface area contributed by atoms with Crippen LogP contribution in [-0.2, 0) is 4.74 Å². The number of aromatic nitrogens is 1. The van der Waals surface area contributed by atoms with Crippen LogP contribution in [0.4, 0.5) is 0 Å². The third-order valence-corrected chi connectivity index (χ3v) is 2.63. The Morgan fingerprint density at radius 1 is 1.69 bits per heavy atom. The van der Waals surface area contributed by atoms with E-state index in [0.717, 1.165) is 9.26 Å². The number of nitrogens with zero attached hydrogens (tertiary/aromatic N) is 1. The Morgan fingerprint density at radius 2 is 2.38 bits per heavy atom. The van der Waals surface area contributed by atoms with Crippen LogP contribution in [0.15, 0.2) is 12.3 Å². The summed E-state index contributed by atoms with van der Waals surface area (Å²) in [6.07, 6.45) is 1.54. The van der Waals surface area contributed by atoms with Crippen LogP contribution in [0, 0.1) is 10.5 Å². The van der Waals surface area contributed by atoms with Crippen molar-refractivity contribution in [2.45, 2.75) is 13.8 Å². The van der Waals surface area contributed by atoms with E-state index in [-0.39, 0.29) is 5.97 Å². The highest BCUT2D eigenvalue weighted by Gasteiger charge is 2.07. The third-order valence-electron chi connectivity index (χ3n) is 1.54. The zero-order valence-electron chi connectivity index (χ0n) is 7.50. The lowest BCUT2D eigenvalue weighted by atomic mass is 10.2. The van der Waals surface area contributed by atoms with Crippen molar-refractivity contribution in [1.29, 1.82) is 0 Å². The third kappa shape index (κ3) is 2.65. The first-order valence-corrected chi connectivity index (χ1v) is 5.02. The number of rotatable bonds is 2. The summed E-state index contributed by atoms with van der Waals surface area (Å²) in [6.45, 7) is 4.07. The lowest BCUT2D eigenvalue weighted by molar-refractivity contribution is 0.0526. The zero-order valence-corrected chi connectivity index (χ0v) is 9.66. The van der Waals surface area contributed by atoms with Gasteiger partial charge in [0.2, 0.25) is 0 Å². The molecule has 1 aromatic rings. The maximum Gasteiger partial charge on any atom is 0.339 e. The average Bonchev–Trinajstić information content (AvgIpc) is 2.10. The van der Waals surface area contributed by atoms with Crippen LogP contribution in [0.25, 0.3) is 0 Å². The van der Waals surface area contributed by atoms with Gasteiger partial charge in [0.15, 0.2) is 0 Å². The van der Waals surface area contributed by atoms with Crippen molar-refractivity contribution < 1.29 is 9.53 Å². The first kappa shape index (κ1) is 10.4. The van der Waals surface area contributed by atoms with Crippen molar-refractivity contribution in [2.75, 3.05) is 6.61 Å². The van der Waals surface area contributed by atoms with Crippen LogP contribution in [0.5, 0.6) is 0 Å². The summed E-state index contributed by atoms with van der Waals surface area (Å²) in [6, 6.07) is 1.78. The number of carbonyl (C=O) groups is 1. The Hall–Kier alpha value is -0.650. The maximum absolute atomic E-state index is 11.2. The summed E-state index contributed by atoms with van der Waals surface area (Å²) in [5, 5.41) is 0. The van der Waals surface area contributed by atoms with Crippen molar-refractivity contribution >= 4 is 28.6 Å². The molecule has 0 unspecified atom stereocenters. The molecule has 1 heterocycles. The zero-order chi connectivity index (χ0) is 9.84. The first-order chi connectivity index (χ1) is 6.15. The summed E-state index contributed by atoms with van der Waals surface area (Å²) in [5.74, 6) is -0.312. The Balaban J connectivity index is 2.90. The predicted octanol–water partition coefficient (Wildman–Crippen LogP) is 2.17. The van der Waals surface area contributed by atoms with Gasteiger partial charge in [0, 0.05) is 9.77 Å². The van der Waals surface area contributed by atoms with Crippen LogP contribution in [0.2, 0.25) is 0 Å². The molecule has 0 aliphatic rings. The molecule has 13 heavy (non-hydrogen) atoms. The Labute approximate surface area is 90.6 Å². The first-order valence-electron chi connectivity index (χ1n) is 3.94. The molecule has 70 valence electrons. The number of halogens is 1. The van der Waals surface area contributed by atoms with Crippen LogP contribution >= 0.6 is 22.6 Å². The number of aryl methyl sites for hydroxylation is 1.